The Kier molecular flexibility index (Phi) is 8.27. The molecule has 1 amide bonds. The fraction of sp³-hybridized carbons (Fsp3) is 0.452. The molecule has 41 heavy (non-hydrogen) atoms. The Hall–Kier alpha value is -2.85. The van der Waals surface area contributed by atoms with Gasteiger partial charge in [0.1, 0.15) is 11.9 Å². The number of ether oxygens (including phenoxy) is 2. The van der Waals surface area contributed by atoms with E-state index in [0.717, 1.165) is 24.5 Å². The van der Waals surface area contributed by atoms with Crippen LogP contribution in [0.5, 0.6) is 5.75 Å². The second kappa shape index (κ2) is 11.4. The largest absolute Gasteiger partial charge is 0.480 e. The van der Waals surface area contributed by atoms with Crippen molar-refractivity contribution in [3.05, 3.63) is 81.9 Å². The minimum Gasteiger partial charge on any atom is -0.480 e. The number of alkyl halides is 3. The van der Waals surface area contributed by atoms with Gasteiger partial charge < -0.3 is 25.6 Å². The third-order valence-corrected chi connectivity index (χ3v) is 8.97. The van der Waals surface area contributed by atoms with Crippen molar-refractivity contribution >= 4 is 23.1 Å². The second-order valence-electron chi connectivity index (χ2n) is 11.4. The first-order valence-corrected chi connectivity index (χ1v) is 14.1. The van der Waals surface area contributed by atoms with E-state index in [9.17, 15) is 18.7 Å². The summed E-state index contributed by atoms with van der Waals surface area (Å²) in [5, 5.41) is 14.2. The number of carbonyl (C=O) groups excluding carboxylic acids is 1. The third-order valence-electron chi connectivity index (χ3n) is 8.66. The lowest BCUT2D eigenvalue weighted by molar-refractivity contribution is -0.159. The molecule has 0 bridgehead atoms. The van der Waals surface area contributed by atoms with Crippen molar-refractivity contribution in [1.82, 2.24) is 5.32 Å². The maximum atomic E-state index is 16.0. The molecular weight excluding hydrogens is 557 g/mol. The van der Waals surface area contributed by atoms with E-state index in [1.807, 2.05) is 44.2 Å². The summed E-state index contributed by atoms with van der Waals surface area (Å²) in [7, 11) is 0. The number of hydrogen-bond acceptors (Lipinski definition) is 5. The molecular formula is C31H34ClF3N2O4. The van der Waals surface area contributed by atoms with Crippen molar-refractivity contribution in [2.24, 2.45) is 5.73 Å². The van der Waals surface area contributed by atoms with Crippen molar-refractivity contribution in [1.29, 1.82) is 0 Å². The number of hydrogen-bond donors (Lipinski definition) is 3. The van der Waals surface area contributed by atoms with Crippen LogP contribution in [-0.2, 0) is 15.1 Å². The van der Waals surface area contributed by atoms with Gasteiger partial charge in [-0.15, -0.1) is 0 Å². The molecule has 1 fully saturated rings. The Morgan fingerprint density at radius 2 is 1.90 bits per heavy atom. The van der Waals surface area contributed by atoms with Gasteiger partial charge in [0, 0.05) is 45.8 Å². The highest BCUT2D eigenvalue weighted by atomic mass is 35.5. The lowest BCUT2D eigenvalue weighted by atomic mass is 9.75. The topological polar surface area (TPSA) is 93.8 Å². The monoisotopic (exact) mass is 590 g/mol. The van der Waals surface area contributed by atoms with Crippen LogP contribution in [0.15, 0.2) is 60.2 Å². The molecule has 0 radical (unpaired) electrons. The van der Waals surface area contributed by atoms with Gasteiger partial charge in [-0.2, -0.15) is 8.78 Å². The third kappa shape index (κ3) is 5.65. The smallest absolute Gasteiger partial charge is 0.345 e. The van der Waals surface area contributed by atoms with E-state index in [1.54, 1.807) is 12.1 Å². The second-order valence-corrected chi connectivity index (χ2v) is 11.8. The lowest BCUT2D eigenvalue weighted by Gasteiger charge is -2.38. The van der Waals surface area contributed by atoms with Crippen LogP contribution in [0.25, 0.3) is 5.57 Å². The SMILES string of the molecule is C[C@H]1c2c(ccc(Cl)c2C2=C(C(N)=O)C=CC(OC(F)F)C2F)O[C@]1(CNC1CCC(C)(O)CC1)c1ccccc1. The predicted molar refractivity (Wildman–Crippen MR) is 151 cm³/mol. The Bertz CT molecular complexity index is 1360. The van der Waals surface area contributed by atoms with Crippen LogP contribution >= 0.6 is 11.6 Å². The van der Waals surface area contributed by atoms with Gasteiger partial charge in [0.2, 0.25) is 5.91 Å². The van der Waals surface area contributed by atoms with E-state index >= 15 is 4.39 Å². The Balaban J connectivity index is 1.58. The summed E-state index contributed by atoms with van der Waals surface area (Å²) < 4.78 is 53.5. The van der Waals surface area contributed by atoms with Gasteiger partial charge in [-0.1, -0.05) is 61.0 Å². The van der Waals surface area contributed by atoms with Gasteiger partial charge in [-0.05, 0) is 50.3 Å². The molecule has 220 valence electrons. The van der Waals surface area contributed by atoms with Crippen LogP contribution in [-0.4, -0.2) is 48.1 Å². The summed E-state index contributed by atoms with van der Waals surface area (Å²) in [6.45, 7) is 0.964. The van der Waals surface area contributed by atoms with Crippen LogP contribution in [0.3, 0.4) is 0 Å². The summed E-state index contributed by atoms with van der Waals surface area (Å²) in [4.78, 5) is 12.4. The zero-order valence-corrected chi connectivity index (χ0v) is 23.6. The fourth-order valence-electron chi connectivity index (χ4n) is 6.36. The molecule has 6 nitrogen and oxygen atoms in total. The highest BCUT2D eigenvalue weighted by molar-refractivity contribution is 6.33. The van der Waals surface area contributed by atoms with Crippen LogP contribution in [0.1, 0.15) is 62.1 Å². The number of fused-ring (bicyclic) bond motifs is 1. The van der Waals surface area contributed by atoms with E-state index in [-0.39, 0.29) is 27.8 Å². The molecule has 10 heteroatoms. The first-order valence-electron chi connectivity index (χ1n) is 13.8. The van der Waals surface area contributed by atoms with Crippen molar-refractivity contribution in [2.75, 3.05) is 6.54 Å². The van der Waals surface area contributed by atoms with Gasteiger partial charge >= 0.3 is 6.61 Å². The summed E-state index contributed by atoms with van der Waals surface area (Å²) in [5.41, 5.74) is 5.26. The van der Waals surface area contributed by atoms with E-state index in [4.69, 9.17) is 22.1 Å². The molecule has 2 aromatic rings. The Morgan fingerprint density at radius 1 is 1.22 bits per heavy atom. The maximum Gasteiger partial charge on any atom is 0.345 e. The standard InChI is InChI=1S/C31H34ClF3N2O4/c1-17-24-22(11-9-21(32)26(24)25-20(28(36)38)8-10-23(27(25)33)40-29(34)35)41-31(17,18-6-4-3-5-7-18)16-37-19-12-14-30(2,39)15-13-19/h3-11,17,19,23,27,29,37,39H,12-16H2,1-2H3,(H2,36,38)/t17-,19?,23?,27?,30?,31-/m0/s1. The molecule has 2 aliphatic carbocycles. The number of benzene rings is 2. The molecule has 4 N–H and O–H groups in total. The molecule has 4 atom stereocenters. The van der Waals surface area contributed by atoms with Crippen LogP contribution in [0.4, 0.5) is 13.2 Å². The van der Waals surface area contributed by atoms with E-state index in [1.165, 1.54) is 6.08 Å². The van der Waals surface area contributed by atoms with E-state index in [0.29, 0.717) is 30.7 Å². The highest BCUT2D eigenvalue weighted by Crippen LogP contribution is 2.55. The molecule has 2 unspecified atom stereocenters. The first kappa shape index (κ1) is 29.6. The van der Waals surface area contributed by atoms with E-state index in [2.05, 4.69) is 10.1 Å². The molecule has 0 saturated heterocycles. The number of primary amides is 1. The average molecular weight is 591 g/mol. The van der Waals surface area contributed by atoms with Crippen molar-refractivity contribution < 1.29 is 32.5 Å². The normalized spacial score (nSPS) is 31.3. The van der Waals surface area contributed by atoms with Crippen molar-refractivity contribution in [3.8, 4) is 5.75 Å². The van der Waals surface area contributed by atoms with Crippen molar-refractivity contribution in [3.63, 3.8) is 0 Å². The summed E-state index contributed by atoms with van der Waals surface area (Å²) in [6.07, 6.45) is 1.46. The first-order chi connectivity index (χ1) is 19.4. The number of nitrogens with one attached hydrogen (secondary N) is 1. The van der Waals surface area contributed by atoms with Gasteiger partial charge in [-0.25, -0.2) is 4.39 Å². The number of halogens is 4. The molecule has 5 rings (SSSR count). The lowest BCUT2D eigenvalue weighted by Crippen LogP contribution is -2.49. The number of amides is 1. The minimum absolute atomic E-state index is 0.132. The molecule has 0 aromatic heterocycles. The summed E-state index contributed by atoms with van der Waals surface area (Å²) in [6, 6.07) is 13.0. The maximum absolute atomic E-state index is 16.0. The predicted octanol–water partition coefficient (Wildman–Crippen LogP) is 5.77. The van der Waals surface area contributed by atoms with Crippen molar-refractivity contribution in [2.45, 2.75) is 81.6 Å². The summed E-state index contributed by atoms with van der Waals surface area (Å²) in [5.74, 6) is -0.890. The van der Waals surface area contributed by atoms with Gasteiger partial charge in [-0.3, -0.25) is 4.79 Å². The number of rotatable bonds is 8. The average Bonchev–Trinajstić information content (AvgIpc) is 3.22. The molecule has 2 aromatic carbocycles. The summed E-state index contributed by atoms with van der Waals surface area (Å²) >= 11 is 6.70. The van der Waals surface area contributed by atoms with E-state index < -0.39 is 41.9 Å². The van der Waals surface area contributed by atoms with Crippen LogP contribution in [0.2, 0.25) is 5.02 Å². The fourth-order valence-corrected chi connectivity index (χ4v) is 6.62. The zero-order valence-electron chi connectivity index (χ0n) is 22.9. The molecule has 3 aliphatic rings. The Labute approximate surface area is 242 Å². The Morgan fingerprint density at radius 3 is 2.54 bits per heavy atom. The number of aliphatic hydroxyl groups is 1. The molecule has 1 heterocycles. The molecule has 0 spiro atoms. The number of nitrogens with two attached hydrogens (primary N) is 1. The minimum atomic E-state index is -3.22. The van der Waals surface area contributed by atoms with Crippen LogP contribution in [0, 0.1) is 0 Å². The van der Waals surface area contributed by atoms with Crippen LogP contribution < -0.4 is 15.8 Å². The quantitative estimate of drug-likeness (QED) is 0.363. The zero-order chi connectivity index (χ0) is 29.5. The molecule has 1 aliphatic heterocycles. The number of carbonyl (C=O) groups is 1. The van der Waals surface area contributed by atoms with Gasteiger partial charge in [0.05, 0.1) is 5.60 Å². The highest BCUT2D eigenvalue weighted by Gasteiger charge is 2.50. The van der Waals surface area contributed by atoms with Gasteiger partial charge in [0.25, 0.3) is 0 Å². The molecule has 1 saturated carbocycles. The van der Waals surface area contributed by atoms with Gasteiger partial charge in [0.15, 0.2) is 11.8 Å².